The van der Waals surface area contributed by atoms with E-state index in [1.54, 1.807) is 4.90 Å². The van der Waals surface area contributed by atoms with Gasteiger partial charge in [0.25, 0.3) is 0 Å². The van der Waals surface area contributed by atoms with Crippen LogP contribution >= 0.6 is 0 Å². The second-order valence-corrected chi connectivity index (χ2v) is 2.67. The first kappa shape index (κ1) is 9.28. The van der Waals surface area contributed by atoms with Gasteiger partial charge in [0.15, 0.2) is 0 Å². The molecule has 0 aromatic rings. The maximum atomic E-state index is 11.0. The summed E-state index contributed by atoms with van der Waals surface area (Å²) < 4.78 is 4.61. The summed E-state index contributed by atoms with van der Waals surface area (Å²) in [4.78, 5) is 12.7. The number of amides is 1. The van der Waals surface area contributed by atoms with Crippen molar-refractivity contribution in [2.24, 2.45) is 0 Å². The van der Waals surface area contributed by atoms with E-state index in [1.165, 1.54) is 7.11 Å². The molecule has 1 aliphatic heterocycles. The molecule has 1 heterocycles. The van der Waals surface area contributed by atoms with E-state index in [-0.39, 0.29) is 6.09 Å². The van der Waals surface area contributed by atoms with Crippen LogP contribution in [0.3, 0.4) is 0 Å². The minimum absolute atomic E-state index is 0.231. The van der Waals surface area contributed by atoms with E-state index in [0.717, 1.165) is 26.2 Å². The molecule has 1 aliphatic rings. The number of hydrogen-bond donors (Lipinski definition) is 1. The first-order valence-electron chi connectivity index (χ1n) is 4.03. The molecule has 0 saturated carbocycles. The van der Waals surface area contributed by atoms with Crippen molar-refractivity contribution in [2.75, 3.05) is 40.3 Å². The third-order valence-corrected chi connectivity index (χ3v) is 2.03. The van der Waals surface area contributed by atoms with Gasteiger partial charge < -0.3 is 9.64 Å². The first-order valence-corrected chi connectivity index (χ1v) is 4.03. The van der Waals surface area contributed by atoms with Crippen molar-refractivity contribution < 1.29 is 9.53 Å². The number of carbonyl (C=O) groups excluding carboxylic acids is 1. The molecule has 1 fully saturated rings. The molecule has 1 rings (SSSR count). The average Bonchev–Trinajstić information content (AvgIpc) is 2.17. The Balaban J connectivity index is 2.30. The Morgan fingerprint density at radius 3 is 2.33 bits per heavy atom. The van der Waals surface area contributed by atoms with Crippen molar-refractivity contribution in [3.63, 3.8) is 0 Å². The molecule has 0 aliphatic carbocycles. The lowest BCUT2D eigenvalue weighted by Crippen LogP contribution is -2.52. The summed E-state index contributed by atoms with van der Waals surface area (Å²) in [7, 11) is 3.29. The number of rotatable bonds is 1. The quantitative estimate of drug-likeness (QED) is 0.581. The monoisotopic (exact) mass is 173 g/mol. The molecule has 5 nitrogen and oxygen atoms in total. The fraction of sp³-hybridized carbons (Fsp3) is 0.857. The smallest absolute Gasteiger partial charge is 0.409 e. The lowest BCUT2D eigenvalue weighted by molar-refractivity contribution is 0.0760. The number of nitrogens with zero attached hydrogens (tertiary/aromatic N) is 2. The Hall–Kier alpha value is -0.810. The number of hydrazine groups is 1. The maximum Gasteiger partial charge on any atom is 0.409 e. The van der Waals surface area contributed by atoms with Crippen LogP contribution in [0.4, 0.5) is 4.79 Å². The summed E-state index contributed by atoms with van der Waals surface area (Å²) in [5.74, 6) is 0. The average molecular weight is 173 g/mol. The van der Waals surface area contributed by atoms with Crippen LogP contribution in [0.1, 0.15) is 0 Å². The van der Waals surface area contributed by atoms with Crippen molar-refractivity contribution in [1.82, 2.24) is 15.3 Å². The van der Waals surface area contributed by atoms with Crippen molar-refractivity contribution in [3.05, 3.63) is 0 Å². The summed E-state index contributed by atoms with van der Waals surface area (Å²) in [6, 6.07) is 0. The molecule has 0 radical (unpaired) electrons. The van der Waals surface area contributed by atoms with Crippen LogP contribution < -0.4 is 5.43 Å². The Labute approximate surface area is 72.2 Å². The topological polar surface area (TPSA) is 44.8 Å². The van der Waals surface area contributed by atoms with E-state index in [9.17, 15) is 4.79 Å². The largest absolute Gasteiger partial charge is 0.453 e. The van der Waals surface area contributed by atoms with Gasteiger partial charge in [0.05, 0.1) is 7.11 Å². The van der Waals surface area contributed by atoms with Crippen molar-refractivity contribution in [3.8, 4) is 0 Å². The predicted molar refractivity (Wildman–Crippen MR) is 44.6 cm³/mol. The van der Waals surface area contributed by atoms with Gasteiger partial charge >= 0.3 is 6.09 Å². The lowest BCUT2D eigenvalue weighted by Gasteiger charge is -2.32. The zero-order valence-corrected chi connectivity index (χ0v) is 7.54. The number of hydrogen-bond acceptors (Lipinski definition) is 4. The van der Waals surface area contributed by atoms with Gasteiger partial charge in [0.1, 0.15) is 0 Å². The van der Waals surface area contributed by atoms with Crippen LogP contribution in [-0.4, -0.2) is 56.3 Å². The van der Waals surface area contributed by atoms with E-state index in [2.05, 4.69) is 15.2 Å². The van der Waals surface area contributed by atoms with Gasteiger partial charge in [0.2, 0.25) is 0 Å². The maximum absolute atomic E-state index is 11.0. The second kappa shape index (κ2) is 4.27. The molecule has 0 bridgehead atoms. The Bertz CT molecular complexity index is 155. The third-order valence-electron chi connectivity index (χ3n) is 2.03. The molecule has 1 saturated heterocycles. The normalized spacial score (nSPS) is 19.3. The van der Waals surface area contributed by atoms with Crippen LogP contribution in [-0.2, 0) is 4.74 Å². The summed E-state index contributed by atoms with van der Waals surface area (Å²) in [5.41, 5.74) is 3.04. The van der Waals surface area contributed by atoms with E-state index >= 15 is 0 Å². The minimum Gasteiger partial charge on any atom is -0.453 e. The fourth-order valence-electron chi connectivity index (χ4n) is 1.24. The van der Waals surface area contributed by atoms with E-state index in [1.807, 2.05) is 7.05 Å². The molecular formula is C7H15N3O2. The fourth-order valence-corrected chi connectivity index (χ4v) is 1.24. The zero-order valence-electron chi connectivity index (χ0n) is 7.54. The minimum atomic E-state index is -0.231. The van der Waals surface area contributed by atoms with Crippen molar-refractivity contribution >= 4 is 6.09 Å². The lowest BCUT2D eigenvalue weighted by atomic mass is 10.4. The molecule has 0 unspecified atom stereocenters. The molecule has 1 amide bonds. The second-order valence-electron chi connectivity index (χ2n) is 2.67. The zero-order chi connectivity index (χ0) is 8.97. The number of nitrogens with one attached hydrogen (secondary N) is 1. The number of piperazine rings is 1. The van der Waals surface area contributed by atoms with Gasteiger partial charge in [-0.25, -0.2) is 9.80 Å². The highest BCUT2D eigenvalue weighted by molar-refractivity contribution is 5.67. The highest BCUT2D eigenvalue weighted by atomic mass is 16.5. The number of carbonyl (C=O) groups is 1. The molecule has 0 atom stereocenters. The molecule has 5 heteroatoms. The molecule has 1 N–H and O–H groups in total. The first-order chi connectivity index (χ1) is 5.77. The number of ether oxygens (including phenoxy) is 1. The van der Waals surface area contributed by atoms with E-state index < -0.39 is 0 Å². The van der Waals surface area contributed by atoms with Crippen LogP contribution in [0, 0.1) is 0 Å². The van der Waals surface area contributed by atoms with Crippen LogP contribution in [0.5, 0.6) is 0 Å². The molecule has 0 aromatic heterocycles. The summed E-state index contributed by atoms with van der Waals surface area (Å²) >= 11 is 0. The van der Waals surface area contributed by atoms with Gasteiger partial charge in [-0.15, -0.1) is 0 Å². The van der Waals surface area contributed by atoms with Crippen molar-refractivity contribution in [2.45, 2.75) is 0 Å². The molecule has 70 valence electrons. The summed E-state index contributed by atoms with van der Waals surface area (Å²) in [5, 5.41) is 2.07. The van der Waals surface area contributed by atoms with Gasteiger partial charge in [-0.1, -0.05) is 0 Å². The Morgan fingerprint density at radius 1 is 1.33 bits per heavy atom. The Morgan fingerprint density at radius 2 is 1.92 bits per heavy atom. The molecule has 0 spiro atoms. The number of methoxy groups -OCH3 is 1. The van der Waals surface area contributed by atoms with E-state index in [0.29, 0.717) is 0 Å². The van der Waals surface area contributed by atoms with Gasteiger partial charge in [-0.3, -0.25) is 5.43 Å². The predicted octanol–water partition coefficient (Wildman–Crippen LogP) is -0.495. The van der Waals surface area contributed by atoms with Gasteiger partial charge in [0, 0.05) is 26.2 Å². The molecule has 12 heavy (non-hydrogen) atoms. The van der Waals surface area contributed by atoms with Gasteiger partial charge in [-0.05, 0) is 7.05 Å². The summed E-state index contributed by atoms with van der Waals surface area (Å²) in [6.07, 6.45) is -0.231. The highest BCUT2D eigenvalue weighted by Crippen LogP contribution is 1.99. The van der Waals surface area contributed by atoms with Crippen LogP contribution in [0.25, 0.3) is 0 Å². The van der Waals surface area contributed by atoms with E-state index in [4.69, 9.17) is 0 Å². The molecular weight excluding hydrogens is 158 g/mol. The Kier molecular flexibility index (Phi) is 3.31. The third kappa shape index (κ3) is 2.09. The standard InChI is InChI=1S/C7H15N3O2/c1-8-10-5-3-9(4-6-10)7(11)12-2/h8H,3-6H2,1-2H3. The highest BCUT2D eigenvalue weighted by Gasteiger charge is 2.19. The van der Waals surface area contributed by atoms with Crippen LogP contribution in [0.2, 0.25) is 0 Å². The summed E-state index contributed by atoms with van der Waals surface area (Å²) in [6.45, 7) is 3.16. The SMILES string of the molecule is CNN1CCN(C(=O)OC)CC1. The molecule has 0 aromatic carbocycles. The van der Waals surface area contributed by atoms with Gasteiger partial charge in [-0.2, -0.15) is 0 Å². The van der Waals surface area contributed by atoms with Crippen molar-refractivity contribution in [1.29, 1.82) is 0 Å². The van der Waals surface area contributed by atoms with Crippen LogP contribution in [0.15, 0.2) is 0 Å².